The van der Waals surface area contributed by atoms with Gasteiger partial charge in [-0.1, -0.05) is 0 Å². The average molecular weight is 659 g/mol. The van der Waals surface area contributed by atoms with Crippen LogP contribution in [0.25, 0.3) is 0 Å². The Kier molecular flexibility index (Phi) is 10.6. The molecule has 2 aliphatic heterocycles. The summed E-state index contributed by atoms with van der Waals surface area (Å²) >= 11 is 0. The monoisotopic (exact) mass is 658 g/mol. The first kappa shape index (κ1) is 35.2. The fraction of sp³-hybridized carbons (Fsp3) is 0.743. The lowest BCUT2D eigenvalue weighted by Crippen LogP contribution is -2.56. The van der Waals surface area contributed by atoms with Crippen molar-refractivity contribution in [1.82, 2.24) is 10.2 Å². The number of ether oxygens (including phenoxy) is 4. The summed E-state index contributed by atoms with van der Waals surface area (Å²) in [4.78, 5) is 46.9. The third-order valence-electron chi connectivity index (χ3n) is 9.62. The summed E-state index contributed by atoms with van der Waals surface area (Å²) in [7, 11) is 3.31. The average Bonchev–Trinajstić information content (AvgIpc) is 3.75. The Morgan fingerprint density at radius 3 is 2.47 bits per heavy atom. The predicted octanol–water partition coefficient (Wildman–Crippen LogP) is 4.07. The first-order chi connectivity index (χ1) is 22.2. The van der Waals surface area contributed by atoms with Crippen molar-refractivity contribution < 1.29 is 38.4 Å². The minimum absolute atomic E-state index is 0.0125. The van der Waals surface area contributed by atoms with Crippen LogP contribution >= 0.6 is 0 Å². The van der Waals surface area contributed by atoms with Gasteiger partial charge in [-0.2, -0.15) is 0 Å². The Morgan fingerprint density at radius 1 is 1.09 bits per heavy atom. The SMILES string of the molecule is COCCCN1c2cc(N(C(=O)[C@@H]3C[C@H](C(=O)N[C@H]4CCC[C@@H]4OC)CN(C(=O)OC(C)(C)C)C3)C3CC3)ccc2OC(C)(C)C1O. The van der Waals surface area contributed by atoms with E-state index in [0.29, 0.717) is 43.1 Å². The number of amides is 3. The first-order valence-electron chi connectivity index (χ1n) is 17.1. The summed E-state index contributed by atoms with van der Waals surface area (Å²) in [5, 5.41) is 14.4. The molecule has 2 aliphatic carbocycles. The van der Waals surface area contributed by atoms with Crippen LogP contribution in [0.3, 0.4) is 0 Å². The zero-order valence-electron chi connectivity index (χ0n) is 29.1. The van der Waals surface area contributed by atoms with Crippen molar-refractivity contribution in [3.05, 3.63) is 18.2 Å². The van der Waals surface area contributed by atoms with Crippen LogP contribution in [0.2, 0.25) is 0 Å². The number of hydrogen-bond donors (Lipinski definition) is 2. The van der Waals surface area contributed by atoms with E-state index < -0.39 is 35.4 Å². The lowest BCUT2D eigenvalue weighted by molar-refractivity contribution is -0.131. The number of anilines is 2. The lowest BCUT2D eigenvalue weighted by atomic mass is 9.87. The topological polar surface area (TPSA) is 130 Å². The standard InChI is InChI=1S/C35H54N4O8/c1-34(2,3)47-33(43)37-20-22(30(40)36-26-10-8-11-28(26)45-7)18-23(21-37)31(41)39(24-12-13-24)25-14-15-29-27(19-25)38(16-9-17-44-6)32(42)35(4,5)46-29/h14-15,19,22-24,26,28,32,42H,8-13,16-18,20-21H2,1-7H3,(H,36,40)/t22-,23+,26-,28-,32?/m0/s1. The Morgan fingerprint density at radius 2 is 1.81 bits per heavy atom. The van der Waals surface area contributed by atoms with Gasteiger partial charge in [-0.3, -0.25) is 9.59 Å². The van der Waals surface area contributed by atoms with Crippen molar-refractivity contribution in [3.63, 3.8) is 0 Å². The Labute approximate surface area is 279 Å². The quantitative estimate of drug-likeness (QED) is 0.358. The molecular formula is C35H54N4O8. The Bertz CT molecular complexity index is 1290. The van der Waals surface area contributed by atoms with Gasteiger partial charge in [0.25, 0.3) is 0 Å². The van der Waals surface area contributed by atoms with Gasteiger partial charge in [0.2, 0.25) is 11.8 Å². The minimum Gasteiger partial charge on any atom is -0.481 e. The van der Waals surface area contributed by atoms with E-state index in [9.17, 15) is 19.5 Å². The van der Waals surface area contributed by atoms with E-state index >= 15 is 0 Å². The number of aliphatic hydroxyl groups excluding tert-OH is 1. The van der Waals surface area contributed by atoms with Crippen molar-refractivity contribution in [2.24, 2.45) is 11.8 Å². The molecule has 2 saturated carbocycles. The maximum absolute atomic E-state index is 14.6. The van der Waals surface area contributed by atoms with Crippen LogP contribution in [0, 0.1) is 11.8 Å². The number of aliphatic hydroxyl groups is 1. The van der Waals surface area contributed by atoms with Gasteiger partial charge in [0, 0.05) is 52.2 Å². The molecule has 262 valence electrons. The molecule has 0 spiro atoms. The second-order valence-corrected chi connectivity index (χ2v) is 15.0. The fourth-order valence-corrected chi connectivity index (χ4v) is 7.10. The molecule has 0 aromatic heterocycles. The first-order valence-corrected chi connectivity index (χ1v) is 17.1. The summed E-state index contributed by atoms with van der Waals surface area (Å²) in [5.74, 6) is -0.842. The van der Waals surface area contributed by atoms with E-state index in [2.05, 4.69) is 5.32 Å². The highest BCUT2D eigenvalue weighted by Crippen LogP contribution is 2.44. The number of likely N-dealkylation sites (tertiary alicyclic amines) is 1. The summed E-state index contributed by atoms with van der Waals surface area (Å²) < 4.78 is 22.8. The molecule has 47 heavy (non-hydrogen) atoms. The van der Waals surface area contributed by atoms with E-state index in [-0.39, 0.29) is 43.1 Å². The third-order valence-corrected chi connectivity index (χ3v) is 9.62. The second kappa shape index (κ2) is 14.2. The smallest absolute Gasteiger partial charge is 0.410 e. The zero-order chi connectivity index (χ0) is 34.1. The lowest BCUT2D eigenvalue weighted by Gasteiger charge is -2.45. The molecule has 5 rings (SSSR count). The number of benzene rings is 1. The molecule has 3 fully saturated rings. The molecule has 5 atom stereocenters. The van der Waals surface area contributed by atoms with E-state index in [0.717, 1.165) is 32.1 Å². The van der Waals surface area contributed by atoms with Gasteiger partial charge in [-0.15, -0.1) is 0 Å². The minimum atomic E-state index is -0.898. The number of carbonyl (C=O) groups is 3. The zero-order valence-corrected chi connectivity index (χ0v) is 29.1. The van der Waals surface area contributed by atoms with Crippen molar-refractivity contribution in [1.29, 1.82) is 0 Å². The number of rotatable bonds is 10. The van der Waals surface area contributed by atoms with Crippen LogP contribution in [-0.4, -0.2) is 104 Å². The van der Waals surface area contributed by atoms with Crippen LogP contribution in [0.4, 0.5) is 16.2 Å². The van der Waals surface area contributed by atoms with Crippen molar-refractivity contribution in [2.45, 2.75) is 115 Å². The molecule has 12 heteroatoms. The number of hydrogen-bond acceptors (Lipinski definition) is 9. The molecule has 1 aromatic rings. The number of fused-ring (bicyclic) bond motifs is 1. The predicted molar refractivity (Wildman–Crippen MR) is 177 cm³/mol. The molecule has 1 saturated heterocycles. The molecule has 0 radical (unpaired) electrons. The molecular weight excluding hydrogens is 604 g/mol. The highest BCUT2D eigenvalue weighted by molar-refractivity contribution is 5.98. The molecule has 3 amide bonds. The third kappa shape index (κ3) is 8.14. The molecule has 4 aliphatic rings. The number of carbonyl (C=O) groups excluding carboxylic acids is 3. The van der Waals surface area contributed by atoms with Gasteiger partial charge in [0.05, 0.1) is 29.7 Å². The fourth-order valence-electron chi connectivity index (χ4n) is 7.10. The van der Waals surface area contributed by atoms with Crippen molar-refractivity contribution in [2.75, 3.05) is 50.3 Å². The molecule has 0 bridgehead atoms. The van der Waals surface area contributed by atoms with Crippen LogP contribution in [0.5, 0.6) is 5.75 Å². The number of nitrogens with zero attached hydrogens (tertiary/aromatic N) is 3. The highest BCUT2D eigenvalue weighted by atomic mass is 16.6. The van der Waals surface area contributed by atoms with Gasteiger partial charge in [0.15, 0.2) is 6.23 Å². The van der Waals surface area contributed by atoms with Gasteiger partial charge in [0.1, 0.15) is 17.0 Å². The summed E-state index contributed by atoms with van der Waals surface area (Å²) in [6.07, 6.45) is 3.97. The number of piperidine rings is 1. The van der Waals surface area contributed by atoms with Crippen molar-refractivity contribution >= 4 is 29.3 Å². The molecule has 1 aromatic carbocycles. The van der Waals surface area contributed by atoms with Crippen molar-refractivity contribution in [3.8, 4) is 5.75 Å². The van der Waals surface area contributed by atoms with E-state index in [1.807, 2.05) is 41.8 Å². The van der Waals surface area contributed by atoms with Crippen LogP contribution in [0.15, 0.2) is 18.2 Å². The van der Waals surface area contributed by atoms with E-state index in [1.165, 1.54) is 4.90 Å². The van der Waals surface area contributed by atoms with Gasteiger partial charge < -0.3 is 44.1 Å². The van der Waals surface area contributed by atoms with E-state index in [4.69, 9.17) is 18.9 Å². The van der Waals surface area contributed by atoms with Gasteiger partial charge in [-0.05, 0) is 97.8 Å². The molecule has 2 N–H and O–H groups in total. The van der Waals surface area contributed by atoms with Crippen LogP contribution < -0.4 is 19.9 Å². The maximum Gasteiger partial charge on any atom is 0.410 e. The van der Waals surface area contributed by atoms with Gasteiger partial charge in [-0.25, -0.2) is 4.79 Å². The largest absolute Gasteiger partial charge is 0.481 e. The van der Waals surface area contributed by atoms with E-state index in [1.54, 1.807) is 35.0 Å². The Balaban J connectivity index is 1.42. The molecule has 12 nitrogen and oxygen atoms in total. The summed E-state index contributed by atoms with van der Waals surface area (Å²) in [6, 6.07) is 5.59. The summed E-state index contributed by atoms with van der Waals surface area (Å²) in [5.41, 5.74) is -0.142. The van der Waals surface area contributed by atoms with Crippen LogP contribution in [0.1, 0.15) is 79.6 Å². The van der Waals surface area contributed by atoms with Crippen LogP contribution in [-0.2, 0) is 23.8 Å². The highest BCUT2D eigenvalue weighted by Gasteiger charge is 2.45. The summed E-state index contributed by atoms with van der Waals surface area (Å²) in [6.45, 7) is 10.5. The van der Waals surface area contributed by atoms with Gasteiger partial charge >= 0.3 is 6.09 Å². The number of methoxy groups -OCH3 is 2. The maximum atomic E-state index is 14.6. The Hall–Kier alpha value is -3.09. The molecule has 1 unspecified atom stereocenters. The molecule has 2 heterocycles. The second-order valence-electron chi connectivity index (χ2n) is 15.0. The number of nitrogens with one attached hydrogen (secondary N) is 1. The normalized spacial score (nSPS) is 27.1.